The summed E-state index contributed by atoms with van der Waals surface area (Å²) in [5, 5.41) is 13.1. The van der Waals surface area contributed by atoms with E-state index in [0.717, 1.165) is 23.4 Å². The fourth-order valence-corrected chi connectivity index (χ4v) is 3.46. The smallest absolute Gasteiger partial charge is 0.418 e. The number of hydrogen-bond donors (Lipinski definition) is 1. The molecule has 36 heavy (non-hydrogen) atoms. The van der Waals surface area contributed by atoms with Crippen LogP contribution in [0.5, 0.6) is 17.2 Å². The number of nitrogens with zero attached hydrogens (tertiary/aromatic N) is 3. The first kappa shape index (κ1) is 26.8. The van der Waals surface area contributed by atoms with E-state index in [4.69, 9.17) is 19.3 Å². The van der Waals surface area contributed by atoms with Crippen LogP contribution in [0.25, 0.3) is 5.82 Å². The molecular formula is C25H28F3N3O5. The minimum absolute atomic E-state index is 0.00205. The Labute approximate surface area is 206 Å². The van der Waals surface area contributed by atoms with Crippen LogP contribution >= 0.6 is 0 Å². The molecule has 2 aromatic heterocycles. The average molecular weight is 508 g/mol. The lowest BCUT2D eigenvalue weighted by Crippen LogP contribution is -2.10. The minimum Gasteiger partial charge on any atom is -0.493 e. The van der Waals surface area contributed by atoms with Gasteiger partial charge in [0.1, 0.15) is 11.5 Å². The number of carbonyl (C=O) groups is 1. The van der Waals surface area contributed by atoms with Gasteiger partial charge in [-0.1, -0.05) is 6.07 Å². The Balaban J connectivity index is 1.59. The lowest BCUT2D eigenvalue weighted by atomic mass is 10.1. The van der Waals surface area contributed by atoms with Crippen molar-refractivity contribution >= 4 is 5.97 Å². The fraction of sp³-hybridized carbons (Fsp3) is 0.400. The van der Waals surface area contributed by atoms with Crippen molar-refractivity contribution in [2.24, 2.45) is 0 Å². The lowest BCUT2D eigenvalue weighted by Gasteiger charge is -2.13. The van der Waals surface area contributed by atoms with Gasteiger partial charge in [0, 0.05) is 24.9 Å². The summed E-state index contributed by atoms with van der Waals surface area (Å²) in [6, 6.07) is 6.26. The molecule has 3 rings (SSSR count). The van der Waals surface area contributed by atoms with E-state index in [1.807, 2.05) is 6.92 Å². The Morgan fingerprint density at radius 3 is 2.47 bits per heavy atom. The van der Waals surface area contributed by atoms with Gasteiger partial charge in [0.25, 0.3) is 0 Å². The van der Waals surface area contributed by atoms with Gasteiger partial charge in [0.05, 0.1) is 31.6 Å². The third-order valence-corrected chi connectivity index (χ3v) is 5.14. The number of benzene rings is 1. The Morgan fingerprint density at radius 2 is 1.78 bits per heavy atom. The normalized spacial score (nSPS) is 11.4. The highest BCUT2D eigenvalue weighted by Crippen LogP contribution is 2.33. The van der Waals surface area contributed by atoms with Gasteiger partial charge in [0.2, 0.25) is 0 Å². The molecule has 0 radical (unpaired) electrons. The van der Waals surface area contributed by atoms with E-state index in [9.17, 15) is 18.0 Å². The maximum absolute atomic E-state index is 13.0. The third kappa shape index (κ3) is 7.37. The zero-order chi connectivity index (χ0) is 26.1. The SMILES string of the molecule is CCOc1cc(OCCCc2cnn(-c3ncc(C(F)(F)F)cc3OCC)c2)ccc1CCC(=O)O. The Hall–Kier alpha value is -3.76. The van der Waals surface area contributed by atoms with Crippen molar-refractivity contribution in [2.45, 2.75) is 45.7 Å². The average Bonchev–Trinajstić information content (AvgIpc) is 3.30. The lowest BCUT2D eigenvalue weighted by molar-refractivity contribution is -0.138. The molecule has 0 spiro atoms. The molecule has 2 heterocycles. The molecule has 0 aliphatic rings. The van der Waals surface area contributed by atoms with Crippen LogP contribution in [0.3, 0.4) is 0 Å². The van der Waals surface area contributed by atoms with Crippen molar-refractivity contribution in [3.05, 3.63) is 59.5 Å². The van der Waals surface area contributed by atoms with E-state index in [1.165, 1.54) is 4.68 Å². The molecule has 3 aromatic rings. The first-order valence-corrected chi connectivity index (χ1v) is 11.6. The summed E-state index contributed by atoms with van der Waals surface area (Å²) >= 11 is 0. The molecule has 0 atom stereocenters. The van der Waals surface area contributed by atoms with Crippen molar-refractivity contribution < 1.29 is 37.3 Å². The van der Waals surface area contributed by atoms with Gasteiger partial charge in [-0.3, -0.25) is 4.79 Å². The van der Waals surface area contributed by atoms with E-state index in [0.29, 0.717) is 44.0 Å². The van der Waals surface area contributed by atoms with Crippen LogP contribution < -0.4 is 14.2 Å². The molecule has 0 aliphatic heterocycles. The molecule has 0 saturated carbocycles. The monoisotopic (exact) mass is 507 g/mol. The van der Waals surface area contributed by atoms with Crippen molar-refractivity contribution in [3.8, 4) is 23.1 Å². The number of rotatable bonds is 13. The standard InChI is InChI=1S/C25H28F3N3O5/c1-3-34-21-13-20(9-7-18(21)8-10-23(32)33)36-11-5-6-17-14-30-31(16-17)24-22(35-4-2)12-19(15-29-24)25(26,27)28/h7,9,12-16H,3-6,8,10-11H2,1-2H3,(H,32,33). The Morgan fingerprint density at radius 1 is 1.03 bits per heavy atom. The molecule has 0 unspecified atom stereocenters. The van der Waals surface area contributed by atoms with Gasteiger partial charge >= 0.3 is 12.1 Å². The highest BCUT2D eigenvalue weighted by molar-refractivity contribution is 5.67. The molecule has 8 nitrogen and oxygen atoms in total. The first-order chi connectivity index (χ1) is 17.2. The molecule has 0 aliphatic carbocycles. The molecule has 0 bridgehead atoms. The number of ether oxygens (including phenoxy) is 3. The summed E-state index contributed by atoms with van der Waals surface area (Å²) in [5.41, 5.74) is 0.783. The zero-order valence-corrected chi connectivity index (χ0v) is 20.0. The van der Waals surface area contributed by atoms with Gasteiger partial charge in [0.15, 0.2) is 11.6 Å². The van der Waals surface area contributed by atoms with Crippen LogP contribution in [0.2, 0.25) is 0 Å². The van der Waals surface area contributed by atoms with Crippen molar-refractivity contribution in [1.29, 1.82) is 0 Å². The molecule has 1 N–H and O–H groups in total. The van der Waals surface area contributed by atoms with Gasteiger partial charge < -0.3 is 19.3 Å². The van der Waals surface area contributed by atoms with Gasteiger partial charge in [-0.05, 0) is 56.4 Å². The van der Waals surface area contributed by atoms with Crippen LogP contribution in [-0.2, 0) is 23.8 Å². The highest BCUT2D eigenvalue weighted by Gasteiger charge is 2.32. The van der Waals surface area contributed by atoms with E-state index >= 15 is 0 Å². The second-order valence-electron chi connectivity index (χ2n) is 7.82. The van der Waals surface area contributed by atoms with Crippen LogP contribution in [0.4, 0.5) is 13.2 Å². The zero-order valence-electron chi connectivity index (χ0n) is 20.0. The second-order valence-corrected chi connectivity index (χ2v) is 7.82. The Kier molecular flexibility index (Phi) is 9.15. The van der Waals surface area contributed by atoms with Crippen LogP contribution in [0.1, 0.15) is 43.4 Å². The summed E-state index contributed by atoms with van der Waals surface area (Å²) < 4.78 is 57.3. The minimum atomic E-state index is -4.52. The summed E-state index contributed by atoms with van der Waals surface area (Å²) in [6.07, 6.45) is 1.23. The number of pyridine rings is 1. The molecule has 0 amide bonds. The number of aliphatic carboxylic acids is 1. The highest BCUT2D eigenvalue weighted by atomic mass is 19.4. The predicted octanol–water partition coefficient (Wildman–Crippen LogP) is 5.11. The van der Waals surface area contributed by atoms with Crippen LogP contribution in [0.15, 0.2) is 42.9 Å². The van der Waals surface area contributed by atoms with Crippen LogP contribution in [0, 0.1) is 0 Å². The maximum atomic E-state index is 13.0. The van der Waals surface area contributed by atoms with Crippen LogP contribution in [-0.4, -0.2) is 45.7 Å². The van der Waals surface area contributed by atoms with Crippen molar-refractivity contribution in [1.82, 2.24) is 14.8 Å². The molecular weight excluding hydrogens is 479 g/mol. The molecule has 11 heteroatoms. The Bertz CT molecular complexity index is 1160. The first-order valence-electron chi connectivity index (χ1n) is 11.6. The molecule has 0 fully saturated rings. The summed E-state index contributed by atoms with van der Waals surface area (Å²) in [4.78, 5) is 14.8. The predicted molar refractivity (Wildman–Crippen MR) is 125 cm³/mol. The van der Waals surface area contributed by atoms with Gasteiger partial charge in [-0.15, -0.1) is 0 Å². The fourth-order valence-electron chi connectivity index (χ4n) is 3.46. The van der Waals surface area contributed by atoms with E-state index in [2.05, 4.69) is 10.1 Å². The topological polar surface area (TPSA) is 95.7 Å². The van der Waals surface area contributed by atoms with Gasteiger partial charge in [-0.25, -0.2) is 9.67 Å². The van der Waals surface area contributed by atoms with E-state index < -0.39 is 17.7 Å². The molecule has 0 saturated heterocycles. The molecule has 194 valence electrons. The number of carboxylic acids is 1. The largest absolute Gasteiger partial charge is 0.493 e. The number of alkyl halides is 3. The number of halogens is 3. The number of aryl methyl sites for hydroxylation is 2. The summed E-state index contributed by atoms with van der Waals surface area (Å²) in [6.45, 7) is 4.58. The van der Waals surface area contributed by atoms with Gasteiger partial charge in [-0.2, -0.15) is 18.3 Å². The maximum Gasteiger partial charge on any atom is 0.418 e. The quantitative estimate of drug-likeness (QED) is 0.321. The molecule has 1 aromatic carbocycles. The number of aromatic nitrogens is 3. The van der Waals surface area contributed by atoms with E-state index in [-0.39, 0.29) is 24.6 Å². The van der Waals surface area contributed by atoms with Crippen molar-refractivity contribution in [2.75, 3.05) is 19.8 Å². The number of hydrogen-bond acceptors (Lipinski definition) is 6. The summed E-state index contributed by atoms with van der Waals surface area (Å²) in [7, 11) is 0. The van der Waals surface area contributed by atoms with E-state index in [1.54, 1.807) is 37.5 Å². The number of carboxylic acid groups (broad SMARTS) is 1. The second kappa shape index (κ2) is 12.3. The summed E-state index contributed by atoms with van der Waals surface area (Å²) in [5.74, 6) is 0.528. The third-order valence-electron chi connectivity index (χ3n) is 5.14. The van der Waals surface area contributed by atoms with Crippen molar-refractivity contribution in [3.63, 3.8) is 0 Å².